The zero-order valence-electron chi connectivity index (χ0n) is 10.7. The number of hydrogen-bond donors (Lipinski definition) is 1. The second kappa shape index (κ2) is 5.36. The minimum atomic E-state index is -1.34. The minimum absolute atomic E-state index is 0.0794. The van der Waals surface area contributed by atoms with Crippen molar-refractivity contribution in [1.29, 1.82) is 0 Å². The molecular formula is C15H14F2O2. The third-order valence-corrected chi connectivity index (χ3v) is 3.04. The topological polar surface area (TPSA) is 29.5 Å². The highest BCUT2D eigenvalue weighted by molar-refractivity contribution is 5.39. The van der Waals surface area contributed by atoms with E-state index in [2.05, 4.69) is 0 Å². The molecule has 0 aliphatic rings. The summed E-state index contributed by atoms with van der Waals surface area (Å²) < 4.78 is 32.5. The van der Waals surface area contributed by atoms with Gasteiger partial charge in [-0.1, -0.05) is 24.3 Å². The van der Waals surface area contributed by atoms with Crippen LogP contribution in [0.1, 0.15) is 22.8 Å². The number of halogens is 2. The SMILES string of the molecule is COc1cc(F)c(C(O)c2ccccc2C)c(F)c1. The van der Waals surface area contributed by atoms with Gasteiger partial charge in [0.2, 0.25) is 0 Å². The molecule has 0 heterocycles. The summed E-state index contributed by atoms with van der Waals surface area (Å²) in [5.41, 5.74) is 0.880. The summed E-state index contributed by atoms with van der Waals surface area (Å²) >= 11 is 0. The molecule has 4 heteroatoms. The molecule has 0 spiro atoms. The molecule has 0 bridgehead atoms. The first-order valence-electron chi connectivity index (χ1n) is 5.81. The second-order valence-electron chi connectivity index (χ2n) is 4.26. The Kier molecular flexibility index (Phi) is 3.81. The fourth-order valence-electron chi connectivity index (χ4n) is 1.99. The van der Waals surface area contributed by atoms with Gasteiger partial charge in [-0.15, -0.1) is 0 Å². The third-order valence-electron chi connectivity index (χ3n) is 3.04. The van der Waals surface area contributed by atoms with Crippen LogP contribution in [0.2, 0.25) is 0 Å². The lowest BCUT2D eigenvalue weighted by Gasteiger charge is -2.16. The number of hydrogen-bond acceptors (Lipinski definition) is 2. The van der Waals surface area contributed by atoms with Gasteiger partial charge in [0.05, 0.1) is 12.7 Å². The molecule has 2 aromatic rings. The zero-order chi connectivity index (χ0) is 14.0. The zero-order valence-corrected chi connectivity index (χ0v) is 10.7. The summed E-state index contributed by atoms with van der Waals surface area (Å²) in [5.74, 6) is -1.57. The van der Waals surface area contributed by atoms with E-state index in [-0.39, 0.29) is 11.3 Å². The molecule has 0 aliphatic carbocycles. The average Bonchev–Trinajstić information content (AvgIpc) is 2.38. The Morgan fingerprint density at radius 1 is 1.11 bits per heavy atom. The van der Waals surface area contributed by atoms with E-state index in [9.17, 15) is 13.9 Å². The summed E-state index contributed by atoms with van der Waals surface area (Å²) in [6.45, 7) is 1.78. The normalized spacial score (nSPS) is 12.3. The van der Waals surface area contributed by atoms with E-state index in [0.29, 0.717) is 5.56 Å². The van der Waals surface area contributed by atoms with E-state index in [1.807, 2.05) is 0 Å². The van der Waals surface area contributed by atoms with Crippen LogP contribution in [-0.2, 0) is 0 Å². The van der Waals surface area contributed by atoms with Gasteiger partial charge >= 0.3 is 0 Å². The highest BCUT2D eigenvalue weighted by Crippen LogP contribution is 2.31. The third kappa shape index (κ3) is 2.58. The molecule has 2 nitrogen and oxygen atoms in total. The molecule has 0 aromatic heterocycles. The standard InChI is InChI=1S/C15H14F2O2/c1-9-5-3-4-6-11(9)15(18)14-12(16)7-10(19-2)8-13(14)17/h3-8,15,18H,1-2H3. The van der Waals surface area contributed by atoms with Crippen molar-refractivity contribution < 1.29 is 18.6 Å². The second-order valence-corrected chi connectivity index (χ2v) is 4.26. The van der Waals surface area contributed by atoms with Gasteiger partial charge in [-0.3, -0.25) is 0 Å². The van der Waals surface area contributed by atoms with Crippen molar-refractivity contribution >= 4 is 0 Å². The van der Waals surface area contributed by atoms with Crippen LogP contribution >= 0.6 is 0 Å². The van der Waals surface area contributed by atoms with Crippen LogP contribution in [0.25, 0.3) is 0 Å². The van der Waals surface area contributed by atoms with E-state index in [4.69, 9.17) is 4.74 Å². The number of rotatable bonds is 3. The van der Waals surface area contributed by atoms with Crippen molar-refractivity contribution in [2.75, 3.05) is 7.11 Å². The molecule has 0 amide bonds. The van der Waals surface area contributed by atoms with Crippen LogP contribution in [0.15, 0.2) is 36.4 Å². The molecule has 0 saturated carbocycles. The Bertz CT molecular complexity index is 573. The molecule has 1 atom stereocenters. The Morgan fingerprint density at radius 2 is 1.68 bits per heavy atom. The summed E-state index contributed by atoms with van der Waals surface area (Å²) in [6, 6.07) is 9.04. The minimum Gasteiger partial charge on any atom is -0.497 e. The molecule has 1 N–H and O–H groups in total. The number of aliphatic hydroxyl groups excluding tert-OH is 1. The maximum Gasteiger partial charge on any atom is 0.135 e. The predicted octanol–water partition coefficient (Wildman–Crippen LogP) is 3.36. The number of methoxy groups -OCH3 is 1. The van der Waals surface area contributed by atoms with Crippen molar-refractivity contribution in [3.8, 4) is 5.75 Å². The lowest BCUT2D eigenvalue weighted by Crippen LogP contribution is -2.07. The van der Waals surface area contributed by atoms with Crippen molar-refractivity contribution in [1.82, 2.24) is 0 Å². The molecule has 2 aromatic carbocycles. The Hall–Kier alpha value is -1.94. The quantitative estimate of drug-likeness (QED) is 0.921. The molecule has 100 valence electrons. The molecule has 1 unspecified atom stereocenters. The summed E-state index contributed by atoms with van der Waals surface area (Å²) in [5, 5.41) is 10.2. The maximum absolute atomic E-state index is 13.9. The Morgan fingerprint density at radius 3 is 2.21 bits per heavy atom. The first kappa shape index (κ1) is 13.5. The van der Waals surface area contributed by atoms with Crippen LogP contribution < -0.4 is 4.74 Å². The van der Waals surface area contributed by atoms with E-state index in [0.717, 1.165) is 17.7 Å². The fraction of sp³-hybridized carbons (Fsp3) is 0.200. The van der Waals surface area contributed by atoms with Crippen molar-refractivity contribution in [3.63, 3.8) is 0 Å². The van der Waals surface area contributed by atoms with E-state index < -0.39 is 17.7 Å². The molecule has 2 rings (SSSR count). The first-order chi connectivity index (χ1) is 9.04. The lowest BCUT2D eigenvalue weighted by atomic mass is 9.96. The number of benzene rings is 2. The molecule has 0 radical (unpaired) electrons. The molecule has 0 saturated heterocycles. The van der Waals surface area contributed by atoms with E-state index in [1.54, 1.807) is 31.2 Å². The fourth-order valence-corrected chi connectivity index (χ4v) is 1.99. The highest BCUT2D eigenvalue weighted by atomic mass is 19.1. The lowest BCUT2D eigenvalue weighted by molar-refractivity contribution is 0.208. The summed E-state index contributed by atoms with van der Waals surface area (Å²) in [4.78, 5) is 0. The Labute approximate surface area is 110 Å². The van der Waals surface area contributed by atoms with Gasteiger partial charge in [0.25, 0.3) is 0 Å². The van der Waals surface area contributed by atoms with Crippen molar-refractivity contribution in [2.45, 2.75) is 13.0 Å². The van der Waals surface area contributed by atoms with Gasteiger partial charge in [-0.2, -0.15) is 0 Å². The molecule has 0 fully saturated rings. The van der Waals surface area contributed by atoms with Crippen molar-refractivity contribution in [2.24, 2.45) is 0 Å². The average molecular weight is 264 g/mol. The molecular weight excluding hydrogens is 250 g/mol. The van der Waals surface area contributed by atoms with Crippen LogP contribution in [0, 0.1) is 18.6 Å². The monoisotopic (exact) mass is 264 g/mol. The predicted molar refractivity (Wildman–Crippen MR) is 68.2 cm³/mol. The van der Waals surface area contributed by atoms with Gasteiger partial charge in [0, 0.05) is 12.1 Å². The number of aliphatic hydroxyl groups is 1. The summed E-state index contributed by atoms with van der Waals surface area (Å²) in [6.07, 6.45) is -1.34. The van der Waals surface area contributed by atoms with Gasteiger partial charge in [-0.25, -0.2) is 8.78 Å². The highest BCUT2D eigenvalue weighted by Gasteiger charge is 2.22. The van der Waals surface area contributed by atoms with E-state index >= 15 is 0 Å². The number of aryl methyl sites for hydroxylation is 1. The molecule has 0 aliphatic heterocycles. The van der Waals surface area contributed by atoms with Crippen LogP contribution in [0.3, 0.4) is 0 Å². The van der Waals surface area contributed by atoms with Crippen molar-refractivity contribution in [3.05, 3.63) is 64.7 Å². The summed E-state index contributed by atoms with van der Waals surface area (Å²) in [7, 11) is 1.33. The van der Waals surface area contributed by atoms with Gasteiger partial charge in [0.15, 0.2) is 0 Å². The first-order valence-corrected chi connectivity index (χ1v) is 5.81. The number of ether oxygens (including phenoxy) is 1. The van der Waals surface area contributed by atoms with Gasteiger partial charge < -0.3 is 9.84 Å². The van der Waals surface area contributed by atoms with Gasteiger partial charge in [0.1, 0.15) is 23.5 Å². The van der Waals surface area contributed by atoms with Crippen LogP contribution in [-0.4, -0.2) is 12.2 Å². The Balaban J connectivity index is 2.50. The van der Waals surface area contributed by atoms with Gasteiger partial charge in [-0.05, 0) is 18.1 Å². The molecule has 19 heavy (non-hydrogen) atoms. The van der Waals surface area contributed by atoms with Crippen LogP contribution in [0.4, 0.5) is 8.78 Å². The van der Waals surface area contributed by atoms with Crippen LogP contribution in [0.5, 0.6) is 5.75 Å². The largest absolute Gasteiger partial charge is 0.497 e. The maximum atomic E-state index is 13.9. The van der Waals surface area contributed by atoms with E-state index in [1.165, 1.54) is 7.11 Å². The smallest absolute Gasteiger partial charge is 0.135 e.